The van der Waals surface area contributed by atoms with E-state index in [1.807, 2.05) is 38.2 Å². The van der Waals surface area contributed by atoms with Gasteiger partial charge in [-0.05, 0) is 24.6 Å². The van der Waals surface area contributed by atoms with Crippen LogP contribution in [0.1, 0.15) is 18.5 Å². The smallest absolute Gasteiger partial charge is 0.277 e. The average molecular weight is 399 g/mol. The van der Waals surface area contributed by atoms with Gasteiger partial charge in [0.15, 0.2) is 13.1 Å². The summed E-state index contributed by atoms with van der Waals surface area (Å²) in [6, 6.07) is 7.81. The van der Waals surface area contributed by atoms with Crippen molar-refractivity contribution in [3.8, 4) is 0 Å². The maximum atomic E-state index is 12.2. The van der Waals surface area contributed by atoms with E-state index in [9.17, 15) is 9.59 Å². The summed E-state index contributed by atoms with van der Waals surface area (Å²) in [6.45, 7) is 5.01. The van der Waals surface area contributed by atoms with Gasteiger partial charge in [-0.25, -0.2) is 0 Å². The summed E-state index contributed by atoms with van der Waals surface area (Å²) in [5, 5.41) is 2.98. The third kappa shape index (κ3) is 5.89. The number of halogens is 1. The maximum absolute atomic E-state index is 12.2. The van der Waals surface area contributed by atoms with Crippen LogP contribution in [0.5, 0.6) is 0 Å². The van der Waals surface area contributed by atoms with Crippen LogP contribution in [-0.4, -0.2) is 63.2 Å². The van der Waals surface area contributed by atoms with Crippen molar-refractivity contribution < 1.29 is 19.2 Å². The Balaban J connectivity index is 1.76. The van der Waals surface area contributed by atoms with Crippen LogP contribution in [0.3, 0.4) is 0 Å². The van der Waals surface area contributed by atoms with Gasteiger partial charge in [-0.15, -0.1) is 0 Å². The van der Waals surface area contributed by atoms with Crippen LogP contribution in [0.2, 0.25) is 0 Å². The van der Waals surface area contributed by atoms with Gasteiger partial charge in [0.05, 0.1) is 26.3 Å². The number of morpholine rings is 1. The molecule has 1 heterocycles. The molecule has 132 valence electrons. The van der Waals surface area contributed by atoms with Crippen LogP contribution in [0.15, 0.2) is 28.7 Å². The van der Waals surface area contributed by atoms with Crippen molar-refractivity contribution in [2.75, 3.05) is 46.4 Å². The minimum absolute atomic E-state index is 0.0577. The van der Waals surface area contributed by atoms with Crippen molar-refractivity contribution >= 4 is 27.7 Å². The summed E-state index contributed by atoms with van der Waals surface area (Å²) >= 11 is 3.40. The largest absolute Gasteiger partial charge is 0.378 e. The second-order valence-electron chi connectivity index (χ2n) is 6.14. The Kier molecular flexibility index (Phi) is 7.20. The first kappa shape index (κ1) is 18.9. The normalized spacial score (nSPS) is 17.2. The van der Waals surface area contributed by atoms with Gasteiger partial charge in [-0.2, -0.15) is 0 Å². The molecule has 0 bridgehead atoms. The number of hydrogen-bond donors (Lipinski definition) is 2. The second-order valence-corrected chi connectivity index (χ2v) is 7.06. The molecule has 0 aliphatic carbocycles. The Morgan fingerprint density at radius 2 is 1.88 bits per heavy atom. The number of hydrogen-bond acceptors (Lipinski definition) is 3. The minimum atomic E-state index is -0.0617. The number of nitrogens with one attached hydrogen (secondary N) is 2. The summed E-state index contributed by atoms with van der Waals surface area (Å²) in [5.41, 5.74) is 1.05. The molecule has 0 aromatic heterocycles. The number of carbonyl (C=O) groups is 2. The molecular formula is C17H25BrN3O3+. The predicted octanol–water partition coefficient (Wildman–Crippen LogP) is -0.000200. The van der Waals surface area contributed by atoms with Crippen molar-refractivity contribution in [1.82, 2.24) is 10.2 Å². The molecule has 1 fully saturated rings. The molecule has 1 aromatic carbocycles. The van der Waals surface area contributed by atoms with Crippen LogP contribution < -0.4 is 10.2 Å². The molecule has 24 heavy (non-hydrogen) atoms. The van der Waals surface area contributed by atoms with E-state index >= 15 is 0 Å². The molecule has 7 heteroatoms. The number of ether oxygens (including phenoxy) is 1. The molecule has 6 nitrogen and oxygen atoms in total. The zero-order valence-corrected chi connectivity index (χ0v) is 15.8. The SMILES string of the molecule is C[C@@H](NC(=O)C[NH+](C)CC(=O)N1CCOCC1)c1ccc(Br)cc1. The predicted molar refractivity (Wildman–Crippen MR) is 94.7 cm³/mol. The van der Waals surface area contributed by atoms with Crippen molar-refractivity contribution in [2.45, 2.75) is 13.0 Å². The molecule has 2 N–H and O–H groups in total. The van der Waals surface area contributed by atoms with Gasteiger partial charge >= 0.3 is 0 Å². The third-order valence-corrected chi connectivity index (χ3v) is 4.56. The number of benzene rings is 1. The van der Waals surface area contributed by atoms with E-state index in [1.54, 1.807) is 4.90 Å². The van der Waals surface area contributed by atoms with Gasteiger partial charge in [-0.1, -0.05) is 28.1 Å². The first-order chi connectivity index (χ1) is 11.5. The monoisotopic (exact) mass is 398 g/mol. The van der Waals surface area contributed by atoms with Crippen LogP contribution in [0.4, 0.5) is 0 Å². The van der Waals surface area contributed by atoms with Crippen LogP contribution in [0.25, 0.3) is 0 Å². The Morgan fingerprint density at radius 1 is 1.25 bits per heavy atom. The molecule has 1 aromatic rings. The lowest BCUT2D eigenvalue weighted by atomic mass is 10.1. The highest BCUT2D eigenvalue weighted by atomic mass is 79.9. The number of quaternary nitrogens is 1. The molecule has 2 amide bonds. The van der Waals surface area contributed by atoms with E-state index < -0.39 is 0 Å². The van der Waals surface area contributed by atoms with Gasteiger partial charge in [0.2, 0.25) is 0 Å². The minimum Gasteiger partial charge on any atom is -0.378 e. The number of rotatable bonds is 6. The lowest BCUT2D eigenvalue weighted by Crippen LogP contribution is -3.11. The average Bonchev–Trinajstić information content (AvgIpc) is 2.55. The van der Waals surface area contributed by atoms with E-state index in [4.69, 9.17) is 4.74 Å². The standard InChI is InChI=1S/C17H24BrN3O3/c1-13(14-3-5-15(18)6-4-14)19-16(22)11-20(2)12-17(23)21-7-9-24-10-8-21/h3-6,13H,7-12H2,1-2H3,(H,19,22)/p+1/t13-/m1/s1. The molecule has 0 spiro atoms. The fourth-order valence-corrected chi connectivity index (χ4v) is 2.91. The van der Waals surface area contributed by atoms with E-state index in [2.05, 4.69) is 21.2 Å². The van der Waals surface area contributed by atoms with Gasteiger partial charge < -0.3 is 19.9 Å². The van der Waals surface area contributed by atoms with Gasteiger partial charge in [0, 0.05) is 17.6 Å². The van der Waals surface area contributed by atoms with Crippen LogP contribution in [0, 0.1) is 0 Å². The summed E-state index contributed by atoms with van der Waals surface area (Å²) in [6.07, 6.45) is 0. The highest BCUT2D eigenvalue weighted by Crippen LogP contribution is 2.16. The molecular weight excluding hydrogens is 374 g/mol. The van der Waals surface area contributed by atoms with E-state index in [-0.39, 0.29) is 24.4 Å². The summed E-state index contributed by atoms with van der Waals surface area (Å²) in [5.74, 6) is 0.0160. The Morgan fingerprint density at radius 3 is 2.50 bits per heavy atom. The van der Waals surface area contributed by atoms with E-state index in [0.29, 0.717) is 32.8 Å². The first-order valence-corrected chi connectivity index (χ1v) is 8.96. The van der Waals surface area contributed by atoms with Crippen molar-refractivity contribution in [1.29, 1.82) is 0 Å². The zero-order chi connectivity index (χ0) is 17.5. The molecule has 1 aliphatic heterocycles. The van der Waals surface area contributed by atoms with Gasteiger partial charge in [-0.3, -0.25) is 9.59 Å². The second kappa shape index (κ2) is 9.15. The van der Waals surface area contributed by atoms with Crippen LogP contribution in [-0.2, 0) is 14.3 Å². The Hall–Kier alpha value is -1.44. The quantitative estimate of drug-likeness (QED) is 0.708. The van der Waals surface area contributed by atoms with Crippen LogP contribution >= 0.6 is 15.9 Å². The van der Waals surface area contributed by atoms with Crippen molar-refractivity contribution in [3.63, 3.8) is 0 Å². The van der Waals surface area contributed by atoms with Crippen molar-refractivity contribution in [2.24, 2.45) is 0 Å². The highest BCUT2D eigenvalue weighted by molar-refractivity contribution is 9.10. The molecule has 1 saturated heterocycles. The first-order valence-electron chi connectivity index (χ1n) is 8.17. The van der Waals surface area contributed by atoms with Crippen molar-refractivity contribution in [3.05, 3.63) is 34.3 Å². The maximum Gasteiger partial charge on any atom is 0.277 e. The molecule has 1 unspecified atom stereocenters. The number of carbonyl (C=O) groups excluding carboxylic acids is 2. The zero-order valence-electron chi connectivity index (χ0n) is 14.2. The summed E-state index contributed by atoms with van der Waals surface area (Å²) < 4.78 is 6.25. The van der Waals surface area contributed by atoms with E-state index in [1.165, 1.54) is 0 Å². The Bertz CT molecular complexity index is 559. The fraction of sp³-hybridized carbons (Fsp3) is 0.529. The van der Waals surface area contributed by atoms with Gasteiger partial charge in [0.25, 0.3) is 11.8 Å². The lowest BCUT2D eigenvalue weighted by molar-refractivity contribution is -0.863. The number of likely N-dealkylation sites (N-methyl/N-ethyl adjacent to an activating group) is 1. The molecule has 1 aliphatic rings. The Labute approximate surface area is 151 Å². The van der Waals surface area contributed by atoms with Gasteiger partial charge in [0.1, 0.15) is 0 Å². The molecule has 2 rings (SSSR count). The highest BCUT2D eigenvalue weighted by Gasteiger charge is 2.22. The number of nitrogens with zero attached hydrogens (tertiary/aromatic N) is 1. The fourth-order valence-electron chi connectivity index (χ4n) is 2.65. The number of amides is 2. The summed E-state index contributed by atoms with van der Waals surface area (Å²) in [4.78, 5) is 27.0. The molecule has 0 radical (unpaired) electrons. The topological polar surface area (TPSA) is 63.1 Å². The third-order valence-electron chi connectivity index (χ3n) is 4.03. The lowest BCUT2D eigenvalue weighted by Gasteiger charge is -2.27. The van der Waals surface area contributed by atoms with E-state index in [0.717, 1.165) is 14.9 Å². The molecule has 0 saturated carbocycles. The molecule has 2 atom stereocenters. The summed E-state index contributed by atoms with van der Waals surface area (Å²) in [7, 11) is 1.86.